The number of carbonyl (C=O) groups is 1. The summed E-state index contributed by atoms with van der Waals surface area (Å²) in [4.78, 5) is 15.2. The first-order chi connectivity index (χ1) is 15.4. The van der Waals surface area contributed by atoms with Crippen LogP contribution in [0.25, 0.3) is 11.3 Å². The molecule has 2 atom stereocenters. The van der Waals surface area contributed by atoms with Gasteiger partial charge in [0, 0.05) is 37.8 Å². The van der Waals surface area contributed by atoms with Gasteiger partial charge in [0.1, 0.15) is 11.6 Å². The third kappa shape index (κ3) is 3.37. The number of benzene rings is 2. The largest absolute Gasteiger partial charge is 0.355 e. The van der Waals surface area contributed by atoms with E-state index in [-0.39, 0.29) is 34.9 Å². The lowest BCUT2D eigenvalue weighted by molar-refractivity contribution is 0.0654. The molecule has 3 heterocycles. The molecule has 32 heavy (non-hydrogen) atoms. The molecule has 5 rings (SSSR count). The van der Waals surface area contributed by atoms with Crippen LogP contribution in [0.4, 0.5) is 8.78 Å². The predicted octanol–water partition coefficient (Wildman–Crippen LogP) is 4.70. The zero-order chi connectivity index (χ0) is 22.4. The summed E-state index contributed by atoms with van der Waals surface area (Å²) in [7, 11) is 1.86. The highest BCUT2D eigenvalue weighted by Gasteiger charge is 2.36. The molecule has 8 heteroatoms. The summed E-state index contributed by atoms with van der Waals surface area (Å²) in [6, 6.07) is 12.4. The Balaban J connectivity index is 1.49. The number of nitrogens with zero attached hydrogens (tertiary/aromatic N) is 4. The quantitative estimate of drug-likeness (QED) is 0.469. The summed E-state index contributed by atoms with van der Waals surface area (Å²) < 4.78 is 34.3. The average molecular weight is 434 g/mol. The van der Waals surface area contributed by atoms with E-state index in [4.69, 9.17) is 4.52 Å². The molecule has 162 valence electrons. The molecule has 1 aliphatic rings. The molecule has 2 aromatic carbocycles. The zero-order valence-electron chi connectivity index (χ0n) is 17.5. The van der Waals surface area contributed by atoms with Crippen molar-refractivity contribution < 1.29 is 18.1 Å². The molecule has 4 aromatic rings. The molecular weight excluding hydrogens is 414 g/mol. The number of hydrogen-bond acceptors (Lipinski definition) is 4. The van der Waals surface area contributed by atoms with Crippen LogP contribution in [0.2, 0.25) is 0 Å². The maximum atomic E-state index is 14.1. The van der Waals surface area contributed by atoms with Crippen molar-refractivity contribution in [3.05, 3.63) is 94.9 Å². The molecule has 2 aromatic heterocycles. The van der Waals surface area contributed by atoms with E-state index in [2.05, 4.69) is 16.3 Å². The zero-order valence-corrected chi connectivity index (χ0v) is 17.5. The maximum Gasteiger partial charge on any atom is 0.276 e. The number of aromatic nitrogens is 3. The van der Waals surface area contributed by atoms with E-state index in [0.29, 0.717) is 6.54 Å². The monoisotopic (exact) mass is 434 g/mol. The molecule has 0 radical (unpaired) electrons. The van der Waals surface area contributed by atoms with Gasteiger partial charge in [-0.1, -0.05) is 29.4 Å². The van der Waals surface area contributed by atoms with Crippen molar-refractivity contribution in [3.8, 4) is 11.3 Å². The van der Waals surface area contributed by atoms with Gasteiger partial charge in [-0.25, -0.2) is 8.78 Å². The van der Waals surface area contributed by atoms with Gasteiger partial charge < -0.3 is 9.42 Å². The molecular formula is C24H20F2N4O2. The number of rotatable bonds is 3. The number of fused-ring (bicyclic) bond motifs is 1. The topological polar surface area (TPSA) is 64.2 Å². The molecule has 2 unspecified atom stereocenters. The first-order valence-electron chi connectivity index (χ1n) is 10.2. The Bertz CT molecular complexity index is 1310. The Labute approximate surface area is 183 Å². The van der Waals surface area contributed by atoms with Gasteiger partial charge in [-0.3, -0.25) is 9.48 Å². The maximum absolute atomic E-state index is 14.1. The third-order valence-electron chi connectivity index (χ3n) is 5.98. The van der Waals surface area contributed by atoms with Gasteiger partial charge in [0.25, 0.3) is 5.91 Å². The van der Waals surface area contributed by atoms with Gasteiger partial charge >= 0.3 is 0 Å². The standard InChI is InChI=1S/C24H20F2N4O2/c1-14-17-5-3-4-6-18(17)20(15-11-27-29(2)12-15)13-30(14)24(31)22-10-23(32-28-22)19-8-7-16(25)9-21(19)26/h3-12,14,20H,13H2,1-2H3. The van der Waals surface area contributed by atoms with E-state index < -0.39 is 11.6 Å². The summed E-state index contributed by atoms with van der Waals surface area (Å²) in [5, 5.41) is 8.17. The second-order valence-electron chi connectivity index (χ2n) is 7.96. The van der Waals surface area contributed by atoms with Crippen LogP contribution in [0.15, 0.2) is 65.4 Å². The lowest BCUT2D eigenvalue weighted by atomic mass is 9.82. The lowest BCUT2D eigenvalue weighted by Crippen LogP contribution is -2.41. The molecule has 1 aliphatic heterocycles. The van der Waals surface area contributed by atoms with Crippen LogP contribution in [0, 0.1) is 11.6 Å². The van der Waals surface area contributed by atoms with Crippen molar-refractivity contribution in [1.82, 2.24) is 19.8 Å². The minimum atomic E-state index is -0.781. The van der Waals surface area contributed by atoms with Crippen molar-refractivity contribution in [1.29, 1.82) is 0 Å². The van der Waals surface area contributed by atoms with E-state index >= 15 is 0 Å². The Hall–Kier alpha value is -3.81. The number of halogens is 2. The Morgan fingerprint density at radius 2 is 1.91 bits per heavy atom. The highest BCUT2D eigenvalue weighted by molar-refractivity contribution is 5.93. The molecule has 0 N–H and O–H groups in total. The molecule has 0 saturated carbocycles. The number of carbonyl (C=O) groups excluding carboxylic acids is 1. The lowest BCUT2D eigenvalue weighted by Gasteiger charge is -2.39. The summed E-state index contributed by atoms with van der Waals surface area (Å²) in [5.74, 6) is -1.76. The van der Waals surface area contributed by atoms with E-state index in [1.54, 1.807) is 9.58 Å². The first kappa shape index (κ1) is 20.1. The highest BCUT2D eigenvalue weighted by atomic mass is 19.1. The third-order valence-corrected chi connectivity index (χ3v) is 5.98. The van der Waals surface area contributed by atoms with Crippen molar-refractivity contribution in [2.75, 3.05) is 6.54 Å². The molecule has 6 nitrogen and oxygen atoms in total. The van der Waals surface area contributed by atoms with Crippen molar-refractivity contribution >= 4 is 5.91 Å². The van der Waals surface area contributed by atoms with Gasteiger partial charge in [-0.15, -0.1) is 0 Å². The van der Waals surface area contributed by atoms with Gasteiger partial charge in [-0.2, -0.15) is 5.10 Å². The molecule has 0 bridgehead atoms. The van der Waals surface area contributed by atoms with Gasteiger partial charge in [0.05, 0.1) is 17.8 Å². The SMILES string of the molecule is CC1c2ccccc2C(c2cnn(C)c2)CN1C(=O)c1cc(-c2ccc(F)cc2F)on1. The van der Waals surface area contributed by atoms with E-state index in [1.165, 1.54) is 12.1 Å². The van der Waals surface area contributed by atoms with Crippen LogP contribution in [0.5, 0.6) is 0 Å². The van der Waals surface area contributed by atoms with Crippen LogP contribution in [-0.4, -0.2) is 32.3 Å². The average Bonchev–Trinajstić information content (AvgIpc) is 3.43. The van der Waals surface area contributed by atoms with Gasteiger partial charge in [0.15, 0.2) is 11.5 Å². The smallest absolute Gasteiger partial charge is 0.276 e. The van der Waals surface area contributed by atoms with Crippen molar-refractivity contribution in [2.45, 2.75) is 18.9 Å². The number of aryl methyl sites for hydroxylation is 1. The van der Waals surface area contributed by atoms with E-state index in [9.17, 15) is 13.6 Å². The van der Waals surface area contributed by atoms with Crippen LogP contribution in [0.1, 0.15) is 46.1 Å². The van der Waals surface area contributed by atoms with Crippen molar-refractivity contribution in [3.63, 3.8) is 0 Å². The highest BCUT2D eigenvalue weighted by Crippen LogP contribution is 2.39. The van der Waals surface area contributed by atoms with Gasteiger partial charge in [-0.05, 0) is 35.7 Å². The fraction of sp³-hybridized carbons (Fsp3) is 0.208. The van der Waals surface area contributed by atoms with Crippen LogP contribution < -0.4 is 0 Å². The fourth-order valence-corrected chi connectivity index (χ4v) is 4.33. The number of hydrogen-bond donors (Lipinski definition) is 0. The molecule has 0 fully saturated rings. The van der Waals surface area contributed by atoms with Gasteiger partial charge in [0.2, 0.25) is 0 Å². The van der Waals surface area contributed by atoms with Crippen LogP contribution in [-0.2, 0) is 7.05 Å². The minimum absolute atomic E-state index is 0.0408. The summed E-state index contributed by atoms with van der Waals surface area (Å²) in [6.07, 6.45) is 3.76. The van der Waals surface area contributed by atoms with Crippen molar-refractivity contribution in [2.24, 2.45) is 7.05 Å². The van der Waals surface area contributed by atoms with E-state index in [0.717, 1.165) is 28.8 Å². The Morgan fingerprint density at radius 1 is 1.12 bits per heavy atom. The molecule has 1 amide bonds. The summed E-state index contributed by atoms with van der Waals surface area (Å²) in [5.41, 5.74) is 3.34. The Kier molecular flexibility index (Phi) is 4.84. The second kappa shape index (κ2) is 7.71. The fourth-order valence-electron chi connectivity index (χ4n) is 4.33. The molecule has 0 spiro atoms. The summed E-state index contributed by atoms with van der Waals surface area (Å²) >= 11 is 0. The molecule has 0 saturated heterocycles. The predicted molar refractivity (Wildman–Crippen MR) is 113 cm³/mol. The van der Waals surface area contributed by atoms with E-state index in [1.807, 2.05) is 44.6 Å². The Morgan fingerprint density at radius 3 is 2.62 bits per heavy atom. The minimum Gasteiger partial charge on any atom is -0.355 e. The van der Waals surface area contributed by atoms with Crippen LogP contribution >= 0.6 is 0 Å². The second-order valence-corrected chi connectivity index (χ2v) is 7.96. The van der Waals surface area contributed by atoms with Crippen LogP contribution in [0.3, 0.4) is 0 Å². The summed E-state index contributed by atoms with van der Waals surface area (Å²) in [6.45, 7) is 2.41. The molecule has 0 aliphatic carbocycles. The first-order valence-corrected chi connectivity index (χ1v) is 10.2. The number of amides is 1. The normalized spacial score (nSPS) is 17.9.